The van der Waals surface area contributed by atoms with Crippen molar-refractivity contribution in [2.75, 3.05) is 12.3 Å². The molecular formula is C22H23ClN4O5. The molecule has 0 spiro atoms. The number of nitrogens with two attached hydrogens (primary N) is 1. The van der Waals surface area contributed by atoms with Gasteiger partial charge in [-0.3, -0.25) is 14.4 Å². The fourth-order valence-electron chi connectivity index (χ4n) is 3.69. The quantitative estimate of drug-likeness (QED) is 0.384. The van der Waals surface area contributed by atoms with Crippen molar-refractivity contribution in [1.29, 1.82) is 0 Å². The van der Waals surface area contributed by atoms with Crippen LogP contribution in [-0.4, -0.2) is 40.4 Å². The first-order valence-corrected chi connectivity index (χ1v) is 10.6. The van der Waals surface area contributed by atoms with E-state index in [4.69, 9.17) is 26.8 Å². The number of aromatic amines is 1. The lowest BCUT2D eigenvalue weighted by molar-refractivity contribution is -0.164. The lowest BCUT2D eigenvalue weighted by Gasteiger charge is -2.21. The Labute approximate surface area is 188 Å². The third-order valence-corrected chi connectivity index (χ3v) is 5.77. The number of ether oxygens (including phenoxy) is 2. The molecule has 3 aromatic rings. The number of rotatable bonds is 6. The molecule has 32 heavy (non-hydrogen) atoms. The number of carbonyl (C=O) groups is 2. The first kappa shape index (κ1) is 21.9. The molecule has 4 rings (SSSR count). The van der Waals surface area contributed by atoms with E-state index in [1.165, 1.54) is 4.57 Å². The third kappa shape index (κ3) is 4.09. The second-order valence-electron chi connectivity index (χ2n) is 7.59. The van der Waals surface area contributed by atoms with E-state index in [9.17, 15) is 14.4 Å². The SMILES string of the molecule is CCO[C@H]1OC(=O)C[C@@H]1NC(=O)[C@H](C)n1ccc2cc(-c3ccc(N)c(Cl)c3)[nH]c2c1=O. The largest absolute Gasteiger partial charge is 0.433 e. The zero-order valence-corrected chi connectivity index (χ0v) is 18.3. The van der Waals surface area contributed by atoms with E-state index in [1.807, 2.05) is 6.07 Å². The Kier molecular flexibility index (Phi) is 5.94. The summed E-state index contributed by atoms with van der Waals surface area (Å²) in [5.41, 5.74) is 7.74. The van der Waals surface area contributed by atoms with Gasteiger partial charge in [-0.25, -0.2) is 0 Å². The predicted octanol–water partition coefficient (Wildman–Crippen LogP) is 2.59. The maximum absolute atomic E-state index is 13.1. The highest BCUT2D eigenvalue weighted by Crippen LogP contribution is 2.28. The van der Waals surface area contributed by atoms with Crippen LogP contribution in [0.3, 0.4) is 0 Å². The van der Waals surface area contributed by atoms with Crippen LogP contribution in [0.4, 0.5) is 5.69 Å². The smallest absolute Gasteiger partial charge is 0.310 e. The highest BCUT2D eigenvalue weighted by molar-refractivity contribution is 6.33. The molecule has 0 bridgehead atoms. The number of H-pyrrole nitrogens is 1. The number of carbonyl (C=O) groups excluding carboxylic acids is 2. The lowest BCUT2D eigenvalue weighted by Crippen LogP contribution is -2.45. The van der Waals surface area contributed by atoms with Gasteiger partial charge in [0.1, 0.15) is 17.6 Å². The van der Waals surface area contributed by atoms with Gasteiger partial charge in [0.05, 0.1) is 17.1 Å². The van der Waals surface area contributed by atoms with Crippen LogP contribution in [0.1, 0.15) is 26.3 Å². The summed E-state index contributed by atoms with van der Waals surface area (Å²) in [5, 5.41) is 3.88. The Morgan fingerprint density at radius 2 is 2.16 bits per heavy atom. The number of fused-ring (bicyclic) bond motifs is 1. The van der Waals surface area contributed by atoms with Crippen molar-refractivity contribution in [2.24, 2.45) is 0 Å². The van der Waals surface area contributed by atoms with Crippen LogP contribution in [-0.2, 0) is 19.1 Å². The van der Waals surface area contributed by atoms with Crippen molar-refractivity contribution < 1.29 is 19.1 Å². The number of nitrogen functional groups attached to an aromatic ring is 1. The highest BCUT2D eigenvalue weighted by Gasteiger charge is 2.37. The molecule has 2 aromatic heterocycles. The number of pyridine rings is 1. The van der Waals surface area contributed by atoms with Gasteiger partial charge in [-0.05, 0) is 43.7 Å². The molecule has 0 aliphatic carbocycles. The van der Waals surface area contributed by atoms with E-state index >= 15 is 0 Å². The fraction of sp³-hybridized carbons (Fsp3) is 0.318. The van der Waals surface area contributed by atoms with Crippen molar-refractivity contribution in [1.82, 2.24) is 14.9 Å². The number of benzene rings is 1. The molecule has 10 heteroatoms. The average molecular weight is 459 g/mol. The maximum Gasteiger partial charge on any atom is 0.310 e. The third-order valence-electron chi connectivity index (χ3n) is 5.44. The normalized spacial score (nSPS) is 19.2. The first-order chi connectivity index (χ1) is 15.3. The van der Waals surface area contributed by atoms with Crippen molar-refractivity contribution in [3.63, 3.8) is 0 Å². The van der Waals surface area contributed by atoms with Gasteiger partial charge in [0.15, 0.2) is 0 Å². The number of esters is 1. The predicted molar refractivity (Wildman–Crippen MR) is 120 cm³/mol. The first-order valence-electron chi connectivity index (χ1n) is 10.2. The van der Waals surface area contributed by atoms with Crippen LogP contribution in [0.15, 0.2) is 41.3 Å². The number of nitrogens with one attached hydrogen (secondary N) is 2. The van der Waals surface area contributed by atoms with Gasteiger partial charge in [-0.2, -0.15) is 0 Å². The summed E-state index contributed by atoms with van der Waals surface area (Å²) in [5.74, 6) is -0.863. The summed E-state index contributed by atoms with van der Waals surface area (Å²) >= 11 is 6.12. The van der Waals surface area contributed by atoms with Gasteiger partial charge in [0, 0.05) is 23.9 Å². The van der Waals surface area contributed by atoms with E-state index < -0.39 is 30.3 Å². The van der Waals surface area contributed by atoms with Crippen LogP contribution >= 0.6 is 11.6 Å². The fourth-order valence-corrected chi connectivity index (χ4v) is 3.87. The summed E-state index contributed by atoms with van der Waals surface area (Å²) in [6.45, 7) is 3.72. The Morgan fingerprint density at radius 3 is 2.88 bits per heavy atom. The van der Waals surface area contributed by atoms with E-state index in [2.05, 4.69) is 10.3 Å². The van der Waals surface area contributed by atoms with E-state index in [1.54, 1.807) is 44.3 Å². The zero-order valence-electron chi connectivity index (χ0n) is 17.6. The Balaban J connectivity index is 1.59. The van der Waals surface area contributed by atoms with Gasteiger partial charge in [0.2, 0.25) is 12.2 Å². The van der Waals surface area contributed by atoms with E-state index in [0.29, 0.717) is 33.9 Å². The number of nitrogens with zero attached hydrogens (tertiary/aromatic N) is 1. The molecule has 1 aromatic carbocycles. The number of anilines is 1. The molecule has 1 amide bonds. The number of aromatic nitrogens is 2. The maximum atomic E-state index is 13.1. The molecule has 3 atom stereocenters. The van der Waals surface area contributed by atoms with E-state index in [-0.39, 0.29) is 12.0 Å². The number of halogens is 1. The Hall–Kier alpha value is -3.30. The second-order valence-corrected chi connectivity index (χ2v) is 7.99. The van der Waals surface area contributed by atoms with Gasteiger partial charge in [-0.1, -0.05) is 17.7 Å². The lowest BCUT2D eigenvalue weighted by atomic mass is 10.1. The minimum Gasteiger partial charge on any atom is -0.433 e. The summed E-state index contributed by atoms with van der Waals surface area (Å²) < 4.78 is 11.8. The number of amides is 1. The summed E-state index contributed by atoms with van der Waals surface area (Å²) in [7, 11) is 0. The second kappa shape index (κ2) is 8.68. The molecule has 1 aliphatic heterocycles. The molecular weight excluding hydrogens is 436 g/mol. The topological polar surface area (TPSA) is 128 Å². The molecule has 0 unspecified atom stereocenters. The summed E-state index contributed by atoms with van der Waals surface area (Å²) in [4.78, 5) is 40.6. The van der Waals surface area contributed by atoms with Crippen molar-refractivity contribution in [3.05, 3.63) is 51.9 Å². The van der Waals surface area contributed by atoms with Crippen LogP contribution in [0.25, 0.3) is 22.2 Å². The molecule has 1 saturated heterocycles. The molecule has 1 aliphatic rings. The molecule has 0 radical (unpaired) electrons. The standard InChI is InChI=1S/C22H23ClN4O5/c1-3-31-22-17(10-18(28)32-22)26-20(29)11(2)27-7-6-13-9-16(25-19(13)21(27)30)12-4-5-15(24)14(23)8-12/h4-9,11,17,22,25H,3,10,24H2,1-2H3,(H,26,29)/t11-,17-,22-/m0/s1. The zero-order chi connectivity index (χ0) is 23.0. The Bertz CT molecular complexity index is 1250. The van der Waals surface area contributed by atoms with Crippen LogP contribution in [0.2, 0.25) is 5.02 Å². The minimum atomic E-state index is -0.833. The van der Waals surface area contributed by atoms with Crippen molar-refractivity contribution in [2.45, 2.75) is 38.6 Å². The highest BCUT2D eigenvalue weighted by atomic mass is 35.5. The van der Waals surface area contributed by atoms with Gasteiger partial charge >= 0.3 is 5.97 Å². The van der Waals surface area contributed by atoms with Gasteiger partial charge in [0.25, 0.3) is 5.56 Å². The Morgan fingerprint density at radius 1 is 1.38 bits per heavy atom. The number of hydrogen-bond acceptors (Lipinski definition) is 6. The van der Waals surface area contributed by atoms with Gasteiger partial charge < -0.3 is 30.1 Å². The monoisotopic (exact) mass is 458 g/mol. The van der Waals surface area contributed by atoms with Crippen molar-refractivity contribution in [3.8, 4) is 11.3 Å². The van der Waals surface area contributed by atoms with Crippen LogP contribution in [0.5, 0.6) is 0 Å². The van der Waals surface area contributed by atoms with E-state index in [0.717, 1.165) is 5.56 Å². The number of cyclic esters (lactones) is 1. The molecule has 168 valence electrons. The number of hydrogen-bond donors (Lipinski definition) is 3. The molecule has 0 saturated carbocycles. The molecule has 9 nitrogen and oxygen atoms in total. The minimum absolute atomic E-state index is 0.0151. The average Bonchev–Trinajstić information content (AvgIpc) is 3.34. The summed E-state index contributed by atoms with van der Waals surface area (Å²) in [6.07, 6.45) is 0.751. The molecule has 3 heterocycles. The van der Waals surface area contributed by atoms with Gasteiger partial charge in [-0.15, -0.1) is 0 Å². The van der Waals surface area contributed by atoms with Crippen molar-refractivity contribution >= 4 is 40.1 Å². The van der Waals surface area contributed by atoms with Crippen LogP contribution in [0, 0.1) is 0 Å². The summed E-state index contributed by atoms with van der Waals surface area (Å²) in [6, 6.07) is 7.38. The molecule has 4 N–H and O–H groups in total. The molecule has 1 fully saturated rings. The van der Waals surface area contributed by atoms with Crippen LogP contribution < -0.4 is 16.6 Å².